The summed E-state index contributed by atoms with van der Waals surface area (Å²) in [5.41, 5.74) is 5.75. The van der Waals surface area contributed by atoms with Gasteiger partial charge in [-0.2, -0.15) is 0 Å². The Bertz CT molecular complexity index is 495. The van der Waals surface area contributed by atoms with Gasteiger partial charge in [-0.05, 0) is 29.9 Å². The van der Waals surface area contributed by atoms with Crippen molar-refractivity contribution in [2.45, 2.75) is 37.6 Å². The van der Waals surface area contributed by atoms with E-state index >= 15 is 0 Å². The van der Waals surface area contributed by atoms with Crippen LogP contribution in [0.1, 0.15) is 42.7 Å². The minimum Gasteiger partial charge on any atom is -0.271 e. The summed E-state index contributed by atoms with van der Waals surface area (Å²) in [5.74, 6) is 7.16. The van der Waals surface area contributed by atoms with Crippen molar-refractivity contribution in [3.63, 3.8) is 0 Å². The molecule has 0 radical (unpaired) electrons. The van der Waals surface area contributed by atoms with Crippen molar-refractivity contribution in [3.8, 4) is 0 Å². The summed E-state index contributed by atoms with van der Waals surface area (Å²) in [6, 6.07) is 21.7. The highest BCUT2D eigenvalue weighted by Gasteiger charge is 2.27. The van der Waals surface area contributed by atoms with Crippen LogP contribution in [0.25, 0.3) is 0 Å². The van der Waals surface area contributed by atoms with Gasteiger partial charge in [0, 0.05) is 12.0 Å². The Hall–Kier alpha value is -1.64. The van der Waals surface area contributed by atoms with Crippen LogP contribution in [0, 0.1) is 5.92 Å². The van der Waals surface area contributed by atoms with E-state index in [-0.39, 0.29) is 6.04 Å². The third-order valence-electron chi connectivity index (χ3n) is 4.52. The number of nitrogens with one attached hydrogen (secondary N) is 1. The molecule has 3 N–H and O–H groups in total. The highest BCUT2D eigenvalue weighted by atomic mass is 15.2. The van der Waals surface area contributed by atoms with Gasteiger partial charge in [0.05, 0.1) is 0 Å². The standard InChI is InChI=1S/C19H24N2/c20-21-18(14-13-15-11-12-15)19(16-7-3-1-4-8-16)17-9-5-2-6-10-17/h1-10,15,18-19,21H,11-14,20H2. The lowest BCUT2D eigenvalue weighted by molar-refractivity contribution is 0.427. The predicted octanol–water partition coefficient (Wildman–Crippen LogP) is 3.84. The molecule has 1 aliphatic rings. The average molecular weight is 280 g/mol. The number of hydrogen-bond acceptors (Lipinski definition) is 2. The molecule has 110 valence electrons. The molecule has 1 saturated carbocycles. The van der Waals surface area contributed by atoms with Crippen molar-refractivity contribution < 1.29 is 0 Å². The highest BCUT2D eigenvalue weighted by Crippen LogP contribution is 2.36. The van der Waals surface area contributed by atoms with E-state index in [4.69, 9.17) is 5.84 Å². The van der Waals surface area contributed by atoms with Crippen LogP contribution in [0.4, 0.5) is 0 Å². The second-order valence-corrected chi connectivity index (χ2v) is 6.09. The predicted molar refractivity (Wildman–Crippen MR) is 87.8 cm³/mol. The summed E-state index contributed by atoms with van der Waals surface area (Å²) in [6.45, 7) is 0. The summed E-state index contributed by atoms with van der Waals surface area (Å²) < 4.78 is 0. The zero-order valence-corrected chi connectivity index (χ0v) is 12.4. The molecule has 1 unspecified atom stereocenters. The SMILES string of the molecule is NNC(CCC1CC1)C(c1ccccc1)c1ccccc1. The van der Waals surface area contributed by atoms with Crippen molar-refractivity contribution in [2.75, 3.05) is 0 Å². The van der Waals surface area contributed by atoms with E-state index in [1.165, 1.54) is 30.4 Å². The Kier molecular flexibility index (Phi) is 4.69. The maximum atomic E-state index is 5.90. The molecule has 0 saturated heterocycles. The Morgan fingerprint density at radius 3 is 1.86 bits per heavy atom. The third-order valence-corrected chi connectivity index (χ3v) is 4.52. The zero-order valence-electron chi connectivity index (χ0n) is 12.4. The zero-order chi connectivity index (χ0) is 14.5. The van der Waals surface area contributed by atoms with Crippen LogP contribution < -0.4 is 11.3 Å². The monoisotopic (exact) mass is 280 g/mol. The Labute approximate surface area is 127 Å². The Morgan fingerprint density at radius 1 is 0.905 bits per heavy atom. The normalized spacial score (nSPS) is 16.1. The van der Waals surface area contributed by atoms with E-state index in [0.717, 1.165) is 12.3 Å². The van der Waals surface area contributed by atoms with E-state index < -0.39 is 0 Å². The van der Waals surface area contributed by atoms with E-state index in [0.29, 0.717) is 5.92 Å². The molecule has 0 bridgehead atoms. The Morgan fingerprint density at radius 2 is 1.43 bits per heavy atom. The van der Waals surface area contributed by atoms with Crippen molar-refractivity contribution in [3.05, 3.63) is 71.8 Å². The van der Waals surface area contributed by atoms with E-state index in [1.807, 2.05) is 0 Å². The summed E-state index contributed by atoms with van der Waals surface area (Å²) in [6.07, 6.45) is 5.22. The summed E-state index contributed by atoms with van der Waals surface area (Å²) >= 11 is 0. The van der Waals surface area contributed by atoms with Gasteiger partial charge in [0.2, 0.25) is 0 Å². The quantitative estimate of drug-likeness (QED) is 0.597. The van der Waals surface area contributed by atoms with Gasteiger partial charge in [-0.3, -0.25) is 11.3 Å². The Balaban J connectivity index is 1.86. The van der Waals surface area contributed by atoms with Crippen LogP contribution in [-0.2, 0) is 0 Å². The van der Waals surface area contributed by atoms with Crippen molar-refractivity contribution >= 4 is 0 Å². The molecule has 21 heavy (non-hydrogen) atoms. The first-order chi connectivity index (χ1) is 10.4. The van der Waals surface area contributed by atoms with Crippen LogP contribution >= 0.6 is 0 Å². The molecular weight excluding hydrogens is 256 g/mol. The maximum absolute atomic E-state index is 5.90. The first-order valence-electron chi connectivity index (χ1n) is 7.94. The number of benzene rings is 2. The second-order valence-electron chi connectivity index (χ2n) is 6.09. The molecule has 2 heteroatoms. The number of hydrazine groups is 1. The van der Waals surface area contributed by atoms with Crippen molar-refractivity contribution in [1.29, 1.82) is 0 Å². The summed E-state index contributed by atoms with van der Waals surface area (Å²) in [5, 5.41) is 0. The fraction of sp³-hybridized carbons (Fsp3) is 0.368. The van der Waals surface area contributed by atoms with Crippen LogP contribution in [-0.4, -0.2) is 6.04 Å². The fourth-order valence-corrected chi connectivity index (χ4v) is 3.15. The largest absolute Gasteiger partial charge is 0.271 e. The topological polar surface area (TPSA) is 38.0 Å². The first kappa shape index (κ1) is 14.3. The molecular formula is C19H24N2. The van der Waals surface area contributed by atoms with Gasteiger partial charge in [0.1, 0.15) is 0 Å². The lowest BCUT2D eigenvalue weighted by Gasteiger charge is -2.28. The summed E-state index contributed by atoms with van der Waals surface area (Å²) in [7, 11) is 0. The van der Waals surface area contributed by atoms with Crippen LogP contribution in [0.2, 0.25) is 0 Å². The third kappa shape index (κ3) is 3.72. The maximum Gasteiger partial charge on any atom is 0.0319 e. The molecule has 0 amide bonds. The minimum absolute atomic E-state index is 0.287. The van der Waals surface area contributed by atoms with E-state index in [1.54, 1.807) is 0 Å². The molecule has 2 aromatic rings. The van der Waals surface area contributed by atoms with Crippen LogP contribution in [0.5, 0.6) is 0 Å². The smallest absolute Gasteiger partial charge is 0.0319 e. The summed E-state index contributed by atoms with van der Waals surface area (Å²) in [4.78, 5) is 0. The van der Waals surface area contributed by atoms with E-state index in [9.17, 15) is 0 Å². The number of hydrogen-bond donors (Lipinski definition) is 2. The molecule has 0 heterocycles. The van der Waals surface area contributed by atoms with Gasteiger partial charge < -0.3 is 0 Å². The van der Waals surface area contributed by atoms with Gasteiger partial charge in [0.15, 0.2) is 0 Å². The average Bonchev–Trinajstić information content (AvgIpc) is 3.37. The van der Waals surface area contributed by atoms with E-state index in [2.05, 4.69) is 66.1 Å². The number of rotatable bonds is 7. The molecule has 2 nitrogen and oxygen atoms in total. The van der Waals surface area contributed by atoms with Crippen LogP contribution in [0.15, 0.2) is 60.7 Å². The van der Waals surface area contributed by atoms with Crippen molar-refractivity contribution in [2.24, 2.45) is 11.8 Å². The first-order valence-corrected chi connectivity index (χ1v) is 7.94. The molecule has 0 aromatic heterocycles. The molecule has 1 fully saturated rings. The molecule has 3 rings (SSSR count). The molecule has 0 spiro atoms. The fourth-order valence-electron chi connectivity index (χ4n) is 3.15. The second kappa shape index (κ2) is 6.88. The lowest BCUT2D eigenvalue weighted by Crippen LogP contribution is -2.40. The van der Waals surface area contributed by atoms with Gasteiger partial charge in [-0.25, -0.2) is 0 Å². The van der Waals surface area contributed by atoms with Gasteiger partial charge in [-0.15, -0.1) is 0 Å². The van der Waals surface area contributed by atoms with Gasteiger partial charge in [-0.1, -0.05) is 73.5 Å². The molecule has 2 aromatic carbocycles. The lowest BCUT2D eigenvalue weighted by atomic mass is 9.83. The molecule has 1 atom stereocenters. The molecule has 0 aliphatic heterocycles. The number of nitrogens with two attached hydrogens (primary N) is 1. The highest BCUT2D eigenvalue weighted by molar-refractivity contribution is 5.34. The molecule has 1 aliphatic carbocycles. The van der Waals surface area contributed by atoms with Crippen molar-refractivity contribution in [1.82, 2.24) is 5.43 Å². The minimum atomic E-state index is 0.287. The van der Waals surface area contributed by atoms with Crippen LogP contribution in [0.3, 0.4) is 0 Å². The van der Waals surface area contributed by atoms with Gasteiger partial charge in [0.25, 0.3) is 0 Å². The van der Waals surface area contributed by atoms with Gasteiger partial charge >= 0.3 is 0 Å².